The van der Waals surface area contributed by atoms with Gasteiger partial charge < -0.3 is 10.6 Å². The van der Waals surface area contributed by atoms with Crippen molar-refractivity contribution in [3.05, 3.63) is 24.0 Å². The second-order valence-corrected chi connectivity index (χ2v) is 7.41. The molecule has 1 aliphatic carbocycles. The molecule has 1 aromatic carbocycles. The normalized spacial score (nSPS) is 19.9. The summed E-state index contributed by atoms with van der Waals surface area (Å²) in [5.74, 6) is -5.10. The molecule has 2 N–H and O–H groups in total. The highest BCUT2D eigenvalue weighted by Crippen LogP contribution is 2.53. The van der Waals surface area contributed by atoms with Gasteiger partial charge in [0.05, 0.1) is 23.2 Å². The van der Waals surface area contributed by atoms with E-state index in [1.807, 2.05) is 0 Å². The first-order chi connectivity index (χ1) is 11.4. The summed E-state index contributed by atoms with van der Waals surface area (Å²) in [5.41, 5.74) is -0.571. The van der Waals surface area contributed by atoms with Crippen LogP contribution in [0.4, 0.5) is 28.9 Å². The highest BCUT2D eigenvalue weighted by molar-refractivity contribution is 6.52. The molecule has 0 aliphatic heterocycles. The van der Waals surface area contributed by atoms with Gasteiger partial charge in [0.1, 0.15) is 4.33 Å². The van der Waals surface area contributed by atoms with Gasteiger partial charge in [-0.05, 0) is 18.6 Å². The molecule has 2 rings (SSSR count). The lowest BCUT2D eigenvalue weighted by Gasteiger charge is -2.16. The fraction of sp³-hybridized carbons (Fsp3) is 0.467. The standard InChI is InChI=1S/C15H14Cl2F4N2O2/c1-7(15(19,20)21)5-11(24)22-9-3-2-4-10(12(9)18)23-13(25)8-6-14(8,16)17/h2-4,7-8H,5-6H2,1H3,(H,22,24)(H,23,25). The van der Waals surface area contributed by atoms with Crippen molar-refractivity contribution in [2.24, 2.45) is 11.8 Å². The summed E-state index contributed by atoms with van der Waals surface area (Å²) < 4.78 is 50.5. The summed E-state index contributed by atoms with van der Waals surface area (Å²) in [5, 5.41) is 4.36. The minimum atomic E-state index is -4.52. The van der Waals surface area contributed by atoms with E-state index in [9.17, 15) is 27.2 Å². The Morgan fingerprint density at radius 2 is 1.80 bits per heavy atom. The number of halogens is 6. The first-order valence-electron chi connectivity index (χ1n) is 7.25. The van der Waals surface area contributed by atoms with Gasteiger partial charge in [-0.2, -0.15) is 13.2 Å². The Balaban J connectivity index is 2.03. The third kappa shape index (κ3) is 4.98. The maximum absolute atomic E-state index is 14.3. The van der Waals surface area contributed by atoms with Crippen molar-refractivity contribution in [1.29, 1.82) is 0 Å². The van der Waals surface area contributed by atoms with Crippen molar-refractivity contribution in [2.45, 2.75) is 30.3 Å². The Morgan fingerprint density at radius 3 is 2.28 bits per heavy atom. The van der Waals surface area contributed by atoms with Crippen LogP contribution in [0, 0.1) is 17.7 Å². The van der Waals surface area contributed by atoms with Crippen molar-refractivity contribution in [3.8, 4) is 0 Å². The maximum Gasteiger partial charge on any atom is 0.392 e. The number of alkyl halides is 5. The van der Waals surface area contributed by atoms with Gasteiger partial charge in [0.15, 0.2) is 5.82 Å². The molecule has 2 atom stereocenters. The Labute approximate surface area is 150 Å². The van der Waals surface area contributed by atoms with Crippen LogP contribution in [0.3, 0.4) is 0 Å². The lowest BCUT2D eigenvalue weighted by atomic mass is 10.1. The molecule has 0 spiro atoms. The number of nitrogens with one attached hydrogen (secondary N) is 2. The van der Waals surface area contributed by atoms with E-state index in [1.165, 1.54) is 18.2 Å². The number of benzene rings is 1. The van der Waals surface area contributed by atoms with Gasteiger partial charge in [0.2, 0.25) is 11.8 Å². The minimum Gasteiger partial charge on any atom is -0.324 e. The predicted molar refractivity (Wildman–Crippen MR) is 86.0 cm³/mol. The molecule has 0 saturated heterocycles. The molecule has 138 valence electrons. The van der Waals surface area contributed by atoms with E-state index in [4.69, 9.17) is 23.2 Å². The van der Waals surface area contributed by atoms with Gasteiger partial charge in [0, 0.05) is 6.42 Å². The van der Waals surface area contributed by atoms with E-state index in [-0.39, 0.29) is 17.8 Å². The number of carbonyl (C=O) groups excluding carboxylic acids is 2. The molecule has 1 saturated carbocycles. The molecule has 1 aromatic rings. The van der Waals surface area contributed by atoms with Crippen LogP contribution in [0.5, 0.6) is 0 Å². The van der Waals surface area contributed by atoms with E-state index in [2.05, 4.69) is 10.6 Å². The maximum atomic E-state index is 14.3. The Hall–Kier alpha value is -1.54. The summed E-state index contributed by atoms with van der Waals surface area (Å²) in [6, 6.07) is 3.75. The van der Waals surface area contributed by atoms with Gasteiger partial charge in [-0.1, -0.05) is 13.0 Å². The molecule has 4 nitrogen and oxygen atoms in total. The minimum absolute atomic E-state index is 0.231. The van der Waals surface area contributed by atoms with Gasteiger partial charge in [0.25, 0.3) is 0 Å². The van der Waals surface area contributed by atoms with Crippen LogP contribution in [0.1, 0.15) is 19.8 Å². The van der Waals surface area contributed by atoms with E-state index in [0.717, 1.165) is 6.92 Å². The highest BCUT2D eigenvalue weighted by atomic mass is 35.5. The van der Waals surface area contributed by atoms with E-state index < -0.39 is 46.4 Å². The average Bonchev–Trinajstić information content (AvgIpc) is 3.11. The third-order valence-electron chi connectivity index (χ3n) is 3.72. The first kappa shape index (κ1) is 19.8. The van der Waals surface area contributed by atoms with Crippen LogP contribution in [-0.4, -0.2) is 22.3 Å². The summed E-state index contributed by atoms with van der Waals surface area (Å²) in [6.07, 6.45) is -5.14. The fourth-order valence-corrected chi connectivity index (χ4v) is 2.54. The second-order valence-electron chi connectivity index (χ2n) is 5.87. The number of hydrogen-bond acceptors (Lipinski definition) is 2. The second kappa shape index (κ2) is 6.99. The molecule has 2 unspecified atom stereocenters. The Bertz CT molecular complexity index is 695. The zero-order chi connectivity index (χ0) is 19.0. The molecule has 0 radical (unpaired) electrons. The molecule has 25 heavy (non-hydrogen) atoms. The topological polar surface area (TPSA) is 58.2 Å². The molecule has 0 aromatic heterocycles. The van der Waals surface area contributed by atoms with E-state index in [0.29, 0.717) is 0 Å². The highest BCUT2D eigenvalue weighted by Gasteiger charge is 2.56. The molecule has 10 heteroatoms. The third-order valence-corrected chi connectivity index (χ3v) is 4.56. The quantitative estimate of drug-likeness (QED) is 0.565. The summed E-state index contributed by atoms with van der Waals surface area (Å²) in [6.45, 7) is 0.854. The van der Waals surface area contributed by atoms with Crippen LogP contribution < -0.4 is 10.6 Å². The number of amides is 2. The molecule has 1 fully saturated rings. The fourth-order valence-electron chi connectivity index (χ4n) is 2.04. The van der Waals surface area contributed by atoms with Crippen molar-refractivity contribution in [2.75, 3.05) is 10.6 Å². The predicted octanol–water partition coefficient (Wildman–Crippen LogP) is 4.49. The molecular weight excluding hydrogens is 387 g/mol. The van der Waals surface area contributed by atoms with Gasteiger partial charge in [-0.25, -0.2) is 4.39 Å². The van der Waals surface area contributed by atoms with Crippen molar-refractivity contribution < 1.29 is 27.2 Å². The molecule has 0 bridgehead atoms. The van der Waals surface area contributed by atoms with Crippen LogP contribution in [0.2, 0.25) is 0 Å². The van der Waals surface area contributed by atoms with Crippen molar-refractivity contribution in [1.82, 2.24) is 0 Å². The van der Waals surface area contributed by atoms with E-state index in [1.54, 1.807) is 0 Å². The number of carbonyl (C=O) groups is 2. The lowest BCUT2D eigenvalue weighted by molar-refractivity contribution is -0.173. The van der Waals surface area contributed by atoms with Gasteiger partial charge in [-0.3, -0.25) is 9.59 Å². The monoisotopic (exact) mass is 400 g/mol. The van der Waals surface area contributed by atoms with Crippen LogP contribution in [0.15, 0.2) is 18.2 Å². The van der Waals surface area contributed by atoms with Gasteiger partial charge in [-0.15, -0.1) is 23.2 Å². The first-order valence-corrected chi connectivity index (χ1v) is 8.01. The number of anilines is 2. The summed E-state index contributed by atoms with van der Waals surface area (Å²) in [4.78, 5) is 23.5. The van der Waals surface area contributed by atoms with Gasteiger partial charge >= 0.3 is 6.18 Å². The average molecular weight is 401 g/mol. The molecule has 1 aliphatic rings. The molecule has 2 amide bonds. The van der Waals surface area contributed by atoms with Crippen LogP contribution in [-0.2, 0) is 9.59 Å². The number of rotatable bonds is 5. The summed E-state index contributed by atoms with van der Waals surface area (Å²) >= 11 is 11.5. The van der Waals surface area contributed by atoms with Crippen molar-refractivity contribution in [3.63, 3.8) is 0 Å². The number of hydrogen-bond donors (Lipinski definition) is 2. The SMILES string of the molecule is CC(CC(=O)Nc1cccc(NC(=O)C2CC2(Cl)Cl)c1F)C(F)(F)F. The Kier molecular flexibility index (Phi) is 5.53. The van der Waals surface area contributed by atoms with Crippen LogP contribution >= 0.6 is 23.2 Å². The largest absolute Gasteiger partial charge is 0.392 e. The smallest absolute Gasteiger partial charge is 0.324 e. The van der Waals surface area contributed by atoms with Crippen molar-refractivity contribution >= 4 is 46.4 Å². The lowest BCUT2D eigenvalue weighted by Crippen LogP contribution is -2.26. The molecular formula is C15H14Cl2F4N2O2. The van der Waals surface area contributed by atoms with Crippen LogP contribution in [0.25, 0.3) is 0 Å². The zero-order valence-corrected chi connectivity index (χ0v) is 14.4. The van der Waals surface area contributed by atoms with E-state index >= 15 is 0 Å². The zero-order valence-electron chi connectivity index (χ0n) is 12.9. The summed E-state index contributed by atoms with van der Waals surface area (Å²) in [7, 11) is 0. The Morgan fingerprint density at radius 1 is 1.28 bits per heavy atom. The molecule has 0 heterocycles.